The molecule has 0 unspecified atom stereocenters. The van der Waals surface area contributed by atoms with E-state index in [0.717, 1.165) is 78.2 Å². The highest BCUT2D eigenvalue weighted by Gasteiger charge is 2.37. The topological polar surface area (TPSA) is 51.6 Å². The summed E-state index contributed by atoms with van der Waals surface area (Å²) in [6, 6.07) is 101. The van der Waals surface area contributed by atoms with Crippen molar-refractivity contribution in [2.45, 2.75) is 38.5 Å². The quantitative estimate of drug-likeness (QED) is 0.145. The zero-order valence-electron chi connectivity index (χ0n) is 48.3. The molecule has 0 saturated carbocycles. The van der Waals surface area contributed by atoms with Gasteiger partial charge in [-0.2, -0.15) is 0 Å². The minimum absolute atomic E-state index is 0.194. The third-order valence-electron chi connectivity index (χ3n) is 18.3. The average molecular weight is 1100 g/mol. The number of aromatic nitrogens is 4. The minimum atomic E-state index is -0.194. The highest BCUT2D eigenvalue weighted by atomic mass is 14.8. The van der Waals surface area contributed by atoms with E-state index >= 15 is 0 Å². The summed E-state index contributed by atoms with van der Waals surface area (Å²) in [5, 5.41) is 0. The fourth-order valence-corrected chi connectivity index (χ4v) is 13.6. The van der Waals surface area contributed by atoms with Gasteiger partial charge in [-0.25, -0.2) is 19.9 Å². The summed E-state index contributed by atoms with van der Waals surface area (Å²) in [6.07, 6.45) is 0. The van der Waals surface area contributed by atoms with Crippen LogP contribution in [0.4, 0.5) is 0 Å². The van der Waals surface area contributed by atoms with E-state index in [-0.39, 0.29) is 10.8 Å². The van der Waals surface area contributed by atoms with Gasteiger partial charge in [-0.1, -0.05) is 246 Å². The van der Waals surface area contributed by atoms with Crippen LogP contribution in [0.2, 0.25) is 0 Å². The van der Waals surface area contributed by atoms with Gasteiger partial charge in [-0.05, 0) is 161 Å². The molecule has 0 N–H and O–H groups in total. The normalized spacial score (nSPS) is 13.3. The Morgan fingerprint density at radius 1 is 0.186 bits per heavy atom. The van der Waals surface area contributed by atoms with Crippen LogP contribution in [0.5, 0.6) is 0 Å². The van der Waals surface area contributed by atoms with E-state index in [9.17, 15) is 0 Å². The molecule has 0 atom stereocenters. The predicted molar refractivity (Wildman–Crippen MR) is 357 cm³/mol. The summed E-state index contributed by atoms with van der Waals surface area (Å²) >= 11 is 0. The second kappa shape index (κ2) is 20.0. The molecule has 406 valence electrons. The first-order chi connectivity index (χ1) is 42.1. The van der Waals surface area contributed by atoms with E-state index in [1.54, 1.807) is 0 Å². The lowest BCUT2D eigenvalue weighted by Gasteiger charge is -2.23. The van der Waals surface area contributed by atoms with Crippen LogP contribution in [0.3, 0.4) is 0 Å². The van der Waals surface area contributed by atoms with Gasteiger partial charge in [-0.15, -0.1) is 0 Å². The van der Waals surface area contributed by atoms with Gasteiger partial charge in [0.05, 0.1) is 44.8 Å². The van der Waals surface area contributed by atoms with Gasteiger partial charge in [-0.3, -0.25) is 0 Å². The molecule has 16 rings (SSSR count). The van der Waals surface area contributed by atoms with Crippen molar-refractivity contribution in [3.05, 3.63) is 301 Å². The molecule has 0 aliphatic heterocycles. The Labute approximate surface area is 501 Å². The van der Waals surface area contributed by atoms with Crippen molar-refractivity contribution in [3.8, 4) is 123 Å². The molecule has 0 radical (unpaired) electrons. The van der Waals surface area contributed by atoms with Gasteiger partial charge in [0.15, 0.2) is 0 Å². The summed E-state index contributed by atoms with van der Waals surface area (Å²) in [5.74, 6) is 0. The first kappa shape index (κ1) is 51.0. The maximum absolute atomic E-state index is 5.21. The van der Waals surface area contributed by atoms with Gasteiger partial charge >= 0.3 is 0 Å². The van der Waals surface area contributed by atoms with Crippen molar-refractivity contribution in [1.82, 2.24) is 19.9 Å². The molecule has 2 aromatic heterocycles. The Morgan fingerprint density at radius 3 is 0.721 bits per heavy atom. The number of hydrogen-bond acceptors (Lipinski definition) is 4. The monoisotopic (exact) mass is 1100 g/mol. The average Bonchev–Trinajstić information content (AvgIpc) is 1.76. The predicted octanol–water partition coefficient (Wildman–Crippen LogP) is 21.2. The van der Waals surface area contributed by atoms with Crippen molar-refractivity contribution in [1.29, 1.82) is 0 Å². The van der Waals surface area contributed by atoms with Crippen molar-refractivity contribution in [2.75, 3.05) is 0 Å². The lowest BCUT2D eigenvalue weighted by Crippen LogP contribution is -2.15. The van der Waals surface area contributed by atoms with Crippen LogP contribution >= 0.6 is 0 Å². The molecular formula is C82H58N4. The summed E-state index contributed by atoms with van der Waals surface area (Å²) in [6.45, 7) is 9.48. The van der Waals surface area contributed by atoms with E-state index in [2.05, 4.69) is 246 Å². The Balaban J connectivity index is 0.630. The first-order valence-electron chi connectivity index (χ1n) is 29.8. The molecule has 4 heteroatoms. The Hall–Kier alpha value is -10.7. The largest absolute Gasteiger partial charge is 0.244 e. The molecule has 2 aliphatic carbocycles. The zero-order valence-corrected chi connectivity index (χ0v) is 48.3. The van der Waals surface area contributed by atoms with E-state index in [1.165, 1.54) is 89.0 Å². The lowest BCUT2D eigenvalue weighted by atomic mass is 9.80. The summed E-state index contributed by atoms with van der Waals surface area (Å²) in [4.78, 5) is 20.7. The van der Waals surface area contributed by atoms with Gasteiger partial charge in [0.25, 0.3) is 0 Å². The van der Waals surface area contributed by atoms with E-state index in [4.69, 9.17) is 19.9 Å². The maximum atomic E-state index is 5.21. The fraction of sp³-hybridized carbons (Fsp3) is 0.0732. The second-order valence-corrected chi connectivity index (χ2v) is 24.2. The zero-order chi connectivity index (χ0) is 57.7. The number of nitrogens with zero attached hydrogens (tertiary/aromatic N) is 4. The maximum Gasteiger partial charge on any atom is 0.0973 e. The highest BCUT2D eigenvalue weighted by molar-refractivity contribution is 5.92. The van der Waals surface area contributed by atoms with Gasteiger partial charge in [0, 0.05) is 33.1 Å². The molecule has 86 heavy (non-hydrogen) atoms. The molecule has 2 aliphatic rings. The van der Waals surface area contributed by atoms with Crippen molar-refractivity contribution in [3.63, 3.8) is 0 Å². The van der Waals surface area contributed by atoms with Gasteiger partial charge in [0.1, 0.15) is 0 Å². The molecule has 12 aromatic carbocycles. The number of hydrogen-bond donors (Lipinski definition) is 0. The van der Waals surface area contributed by atoms with Gasteiger partial charge < -0.3 is 0 Å². The number of fused-ring (bicyclic) bond motifs is 8. The lowest BCUT2D eigenvalue weighted by molar-refractivity contribution is 0.660. The third kappa shape index (κ3) is 8.59. The van der Waals surface area contributed by atoms with Crippen LogP contribution in [0.25, 0.3) is 145 Å². The Bertz CT molecular complexity index is 4700. The van der Waals surface area contributed by atoms with Crippen LogP contribution in [-0.2, 0) is 10.8 Å². The molecule has 0 saturated heterocycles. The molecule has 4 nitrogen and oxygen atoms in total. The molecule has 0 amide bonds. The second-order valence-electron chi connectivity index (χ2n) is 24.2. The van der Waals surface area contributed by atoms with Crippen LogP contribution < -0.4 is 0 Å². The standard InChI is InChI=1S/C82H58N4/c1-81(2)69-47-59(37-41-65(69)67-43-39-61(49-71(67)81)57-21-15-23-63(45-57)79-77(55-17-7-5-8-18-55)83-73-25-11-13-27-75(73)85-79)53-33-29-51(30-34-53)52-31-35-54(36-32-52)60-38-42-66-68-44-40-62(50-72(68)82(3,4)70(66)48-60)58-22-16-24-64(46-58)80-78(56-19-9-6-10-20-56)84-74-26-12-14-28-76(74)86-80/h5-50H,1-4H3. The van der Waals surface area contributed by atoms with Gasteiger partial charge in [0.2, 0.25) is 0 Å². The summed E-state index contributed by atoms with van der Waals surface area (Å²) < 4.78 is 0. The van der Waals surface area contributed by atoms with Crippen LogP contribution in [0.1, 0.15) is 49.9 Å². The SMILES string of the molecule is CC1(C)c2cc(-c3ccc(-c4ccc(-c5ccc6c(c5)C(C)(C)c5cc(-c7cccc(-c8nc9ccccc9nc8-c8ccccc8)c7)ccc5-6)cc4)cc3)ccc2-c2ccc(-c3cccc(-c4nc5ccccc5nc4-c4ccccc4)c3)cc21. The van der Waals surface area contributed by atoms with Crippen LogP contribution in [-0.4, -0.2) is 19.9 Å². The number of para-hydroxylation sites is 4. The summed E-state index contributed by atoms with van der Waals surface area (Å²) in [7, 11) is 0. The molecule has 0 spiro atoms. The molecule has 14 aromatic rings. The number of benzene rings is 12. The summed E-state index contributed by atoms with van der Waals surface area (Å²) in [5.41, 5.74) is 33.4. The van der Waals surface area contributed by atoms with Crippen molar-refractivity contribution >= 4 is 22.1 Å². The van der Waals surface area contributed by atoms with E-state index in [1.807, 2.05) is 60.7 Å². The molecule has 0 fully saturated rings. The Kier molecular flexibility index (Phi) is 11.9. The molecule has 2 heterocycles. The smallest absolute Gasteiger partial charge is 0.0973 e. The van der Waals surface area contributed by atoms with Crippen molar-refractivity contribution < 1.29 is 0 Å². The van der Waals surface area contributed by atoms with Crippen molar-refractivity contribution in [2.24, 2.45) is 0 Å². The Morgan fingerprint density at radius 2 is 0.407 bits per heavy atom. The van der Waals surface area contributed by atoms with Crippen LogP contribution in [0, 0.1) is 0 Å². The highest BCUT2D eigenvalue weighted by Crippen LogP contribution is 2.53. The fourth-order valence-electron chi connectivity index (χ4n) is 13.6. The minimum Gasteiger partial charge on any atom is -0.244 e. The third-order valence-corrected chi connectivity index (χ3v) is 18.3. The van der Waals surface area contributed by atoms with Crippen LogP contribution in [0.15, 0.2) is 279 Å². The molecule has 0 bridgehead atoms. The molecular weight excluding hydrogens is 1040 g/mol. The van der Waals surface area contributed by atoms with E-state index < -0.39 is 0 Å². The van der Waals surface area contributed by atoms with E-state index in [0.29, 0.717) is 0 Å². The number of rotatable bonds is 9. The first-order valence-corrected chi connectivity index (χ1v) is 29.8.